The van der Waals surface area contributed by atoms with Gasteiger partial charge in [0.25, 0.3) is 0 Å². The Morgan fingerprint density at radius 1 is 1.10 bits per heavy atom. The molecule has 0 amide bonds. The van der Waals surface area contributed by atoms with Gasteiger partial charge in [-0.1, -0.05) is 52.4 Å². The number of cyclic esters (lactones) is 1. The van der Waals surface area contributed by atoms with Crippen LogP contribution >= 0.6 is 0 Å². The molecule has 21 heavy (non-hydrogen) atoms. The Morgan fingerprint density at radius 3 is 2.29 bits per heavy atom. The molecule has 1 saturated heterocycles. The van der Waals surface area contributed by atoms with Crippen LogP contribution in [0.15, 0.2) is 11.3 Å². The molecule has 0 aliphatic carbocycles. The summed E-state index contributed by atoms with van der Waals surface area (Å²) in [5, 5.41) is 9.58. The van der Waals surface area contributed by atoms with Crippen LogP contribution in [0.25, 0.3) is 0 Å². The summed E-state index contributed by atoms with van der Waals surface area (Å²) in [5.41, 5.74) is -0.145. The van der Waals surface area contributed by atoms with Crippen LogP contribution in [0.4, 0.5) is 0 Å². The van der Waals surface area contributed by atoms with Gasteiger partial charge in [0.05, 0.1) is 0 Å². The van der Waals surface area contributed by atoms with Crippen molar-refractivity contribution in [3.05, 3.63) is 11.3 Å². The minimum Gasteiger partial charge on any atom is -0.511 e. The van der Waals surface area contributed by atoms with Crippen LogP contribution < -0.4 is 0 Å². The lowest BCUT2D eigenvalue weighted by molar-refractivity contribution is -0.151. The summed E-state index contributed by atoms with van der Waals surface area (Å²) in [6.07, 6.45) is 9.32. The van der Waals surface area contributed by atoms with E-state index in [-0.39, 0.29) is 36.1 Å². The van der Waals surface area contributed by atoms with E-state index in [9.17, 15) is 14.7 Å². The molecular formula is C17H28O4. The predicted molar refractivity (Wildman–Crippen MR) is 82.1 cm³/mol. The van der Waals surface area contributed by atoms with Crippen molar-refractivity contribution in [1.29, 1.82) is 0 Å². The molecule has 0 unspecified atom stereocenters. The summed E-state index contributed by atoms with van der Waals surface area (Å²) >= 11 is 0. The second kappa shape index (κ2) is 9.59. The largest absolute Gasteiger partial charge is 0.511 e. The second-order valence-electron chi connectivity index (χ2n) is 5.74. The van der Waals surface area contributed by atoms with Crippen molar-refractivity contribution in [3.63, 3.8) is 0 Å². The topological polar surface area (TPSA) is 63.6 Å². The highest BCUT2D eigenvalue weighted by Crippen LogP contribution is 2.23. The highest BCUT2D eigenvalue weighted by atomic mass is 16.5. The molecule has 0 radical (unpaired) electrons. The van der Waals surface area contributed by atoms with E-state index in [4.69, 9.17) is 4.74 Å². The minimum absolute atomic E-state index is 0.145. The van der Waals surface area contributed by atoms with E-state index < -0.39 is 5.97 Å². The van der Waals surface area contributed by atoms with Gasteiger partial charge < -0.3 is 9.84 Å². The van der Waals surface area contributed by atoms with Gasteiger partial charge in [0, 0.05) is 12.8 Å². The monoisotopic (exact) mass is 296 g/mol. The number of hydrogen-bond donors (Lipinski definition) is 1. The quantitative estimate of drug-likeness (QED) is 0.227. The van der Waals surface area contributed by atoms with E-state index in [1.165, 1.54) is 32.1 Å². The molecule has 1 N–H and O–H groups in total. The molecule has 1 aliphatic heterocycles. The summed E-state index contributed by atoms with van der Waals surface area (Å²) in [4.78, 5) is 23.7. The highest BCUT2D eigenvalue weighted by Gasteiger charge is 2.33. The van der Waals surface area contributed by atoms with Crippen LogP contribution in [0.3, 0.4) is 0 Å². The van der Waals surface area contributed by atoms with Crippen molar-refractivity contribution < 1.29 is 19.4 Å². The SMILES string of the molecule is CCCCCCCCC[C@@H]1CC(=O)/C(=C(\O)CC)C(=O)O1. The molecule has 0 bridgehead atoms. The molecule has 1 atom stereocenters. The smallest absolute Gasteiger partial charge is 0.345 e. The number of rotatable bonds is 9. The number of aliphatic hydroxyl groups excluding tert-OH is 1. The van der Waals surface area contributed by atoms with Crippen molar-refractivity contribution >= 4 is 11.8 Å². The standard InChI is InChI=1S/C17H28O4/c1-3-5-6-7-8-9-10-11-13-12-15(19)16(14(18)4-2)17(20)21-13/h13,18H,3-12H2,1-2H3/b16-14+/t13-/m1/s1. The molecule has 1 rings (SSSR count). The fourth-order valence-electron chi connectivity index (χ4n) is 2.62. The lowest BCUT2D eigenvalue weighted by atomic mass is 9.96. The minimum atomic E-state index is -0.654. The maximum Gasteiger partial charge on any atom is 0.345 e. The molecule has 4 nitrogen and oxygen atoms in total. The Kier molecular flexibility index (Phi) is 8.09. The van der Waals surface area contributed by atoms with E-state index >= 15 is 0 Å². The lowest BCUT2D eigenvalue weighted by Crippen LogP contribution is -2.33. The molecule has 1 heterocycles. The van der Waals surface area contributed by atoms with Gasteiger partial charge in [-0.15, -0.1) is 0 Å². The zero-order valence-corrected chi connectivity index (χ0v) is 13.3. The van der Waals surface area contributed by atoms with E-state index in [2.05, 4.69) is 6.92 Å². The van der Waals surface area contributed by atoms with E-state index in [0.29, 0.717) is 0 Å². The van der Waals surface area contributed by atoms with Crippen molar-refractivity contribution in [2.24, 2.45) is 0 Å². The first-order valence-corrected chi connectivity index (χ1v) is 8.26. The maximum absolute atomic E-state index is 11.9. The van der Waals surface area contributed by atoms with Crippen molar-refractivity contribution in [3.8, 4) is 0 Å². The zero-order chi connectivity index (χ0) is 15.7. The van der Waals surface area contributed by atoms with Crippen LogP contribution in [-0.2, 0) is 14.3 Å². The van der Waals surface area contributed by atoms with Crippen LogP contribution in [0.1, 0.15) is 78.1 Å². The second-order valence-corrected chi connectivity index (χ2v) is 5.74. The van der Waals surface area contributed by atoms with Crippen molar-refractivity contribution in [2.45, 2.75) is 84.2 Å². The maximum atomic E-state index is 11.9. The molecular weight excluding hydrogens is 268 g/mol. The van der Waals surface area contributed by atoms with Gasteiger partial charge in [0.15, 0.2) is 5.78 Å². The van der Waals surface area contributed by atoms with Crippen LogP contribution in [0.5, 0.6) is 0 Å². The normalized spacial score (nSPS) is 21.3. The fraction of sp³-hybridized carbons (Fsp3) is 0.765. The van der Waals surface area contributed by atoms with Gasteiger partial charge in [-0.3, -0.25) is 4.79 Å². The zero-order valence-electron chi connectivity index (χ0n) is 13.3. The fourth-order valence-corrected chi connectivity index (χ4v) is 2.62. The molecule has 0 spiro atoms. The number of allylic oxidation sites excluding steroid dienone is 1. The Bertz CT molecular complexity index is 364. The Balaban J connectivity index is 2.28. The number of ketones is 1. The third kappa shape index (κ3) is 5.90. The number of hydrogen-bond acceptors (Lipinski definition) is 4. The number of Topliss-reactive ketones (excluding diaryl/α,β-unsaturated/α-hetero) is 1. The Morgan fingerprint density at radius 2 is 1.71 bits per heavy atom. The molecule has 4 heteroatoms. The van der Waals surface area contributed by atoms with Crippen LogP contribution in [0.2, 0.25) is 0 Å². The number of aliphatic hydroxyl groups is 1. The number of carbonyl (C=O) groups excluding carboxylic acids is 2. The van der Waals surface area contributed by atoms with Gasteiger partial charge in [0.2, 0.25) is 0 Å². The third-order valence-electron chi connectivity index (χ3n) is 3.92. The van der Waals surface area contributed by atoms with E-state index in [1.54, 1.807) is 6.92 Å². The van der Waals surface area contributed by atoms with Crippen molar-refractivity contribution in [2.75, 3.05) is 0 Å². The van der Waals surface area contributed by atoms with E-state index in [0.717, 1.165) is 19.3 Å². The van der Waals surface area contributed by atoms with Gasteiger partial charge >= 0.3 is 5.97 Å². The number of ether oxygens (including phenoxy) is 1. The molecule has 0 aromatic heterocycles. The number of carbonyl (C=O) groups is 2. The average Bonchev–Trinajstić information content (AvgIpc) is 2.45. The highest BCUT2D eigenvalue weighted by molar-refractivity contribution is 6.19. The average molecular weight is 296 g/mol. The van der Waals surface area contributed by atoms with Gasteiger partial charge in [-0.25, -0.2) is 4.79 Å². The Labute approximate surface area is 127 Å². The van der Waals surface area contributed by atoms with Crippen LogP contribution in [0, 0.1) is 0 Å². The van der Waals surface area contributed by atoms with Crippen LogP contribution in [-0.4, -0.2) is 23.0 Å². The summed E-state index contributed by atoms with van der Waals surface area (Å²) in [6.45, 7) is 3.90. The molecule has 0 saturated carbocycles. The van der Waals surface area contributed by atoms with E-state index in [1.807, 2.05) is 0 Å². The number of esters is 1. The summed E-state index contributed by atoms with van der Waals surface area (Å²) in [7, 11) is 0. The predicted octanol–water partition coefficient (Wildman–Crippen LogP) is 4.23. The van der Waals surface area contributed by atoms with Crippen molar-refractivity contribution in [1.82, 2.24) is 0 Å². The molecule has 0 aromatic carbocycles. The molecule has 1 fully saturated rings. The Hall–Kier alpha value is -1.32. The third-order valence-corrected chi connectivity index (χ3v) is 3.92. The van der Waals surface area contributed by atoms with Gasteiger partial charge in [-0.05, 0) is 12.8 Å². The molecule has 120 valence electrons. The van der Waals surface area contributed by atoms with Gasteiger partial charge in [0.1, 0.15) is 17.4 Å². The summed E-state index contributed by atoms with van der Waals surface area (Å²) < 4.78 is 5.26. The first-order chi connectivity index (χ1) is 10.1. The first kappa shape index (κ1) is 17.7. The summed E-state index contributed by atoms with van der Waals surface area (Å²) in [5.74, 6) is -1.09. The number of unbranched alkanes of at least 4 members (excludes halogenated alkanes) is 6. The van der Waals surface area contributed by atoms with Gasteiger partial charge in [-0.2, -0.15) is 0 Å². The molecule has 0 aromatic rings. The lowest BCUT2D eigenvalue weighted by Gasteiger charge is -2.23. The summed E-state index contributed by atoms with van der Waals surface area (Å²) in [6, 6.07) is 0. The first-order valence-electron chi connectivity index (χ1n) is 8.26. The molecule has 1 aliphatic rings.